The second-order valence-electron chi connectivity index (χ2n) is 7.21. The largest absolute Gasteiger partial charge is 0.361 e. The average Bonchev–Trinajstić information content (AvgIpc) is 2.78. The molecule has 3 amide bonds. The lowest BCUT2D eigenvalue weighted by Crippen LogP contribution is -2.52. The second-order valence-corrected chi connectivity index (χ2v) is 13.6. The number of hydrogen-bond acceptors (Lipinski definition) is 4. The fourth-order valence-electron chi connectivity index (χ4n) is 2.32. The molecule has 7 nitrogen and oxygen atoms in total. The van der Waals surface area contributed by atoms with Crippen LogP contribution in [0.5, 0.6) is 0 Å². The molecule has 0 radical (unpaired) electrons. The first-order valence-corrected chi connectivity index (χ1v) is 12.5. The number of hydrogen-bond donors (Lipinski definition) is 0. The summed E-state index contributed by atoms with van der Waals surface area (Å²) in [6.07, 6.45) is 0.317. The van der Waals surface area contributed by atoms with E-state index < -0.39 is 8.07 Å². The fraction of sp³-hybridized carbons (Fsp3) is 0.667. The molecule has 9 heteroatoms. The average molecular weight is 417 g/mol. The van der Waals surface area contributed by atoms with Crippen molar-refractivity contribution in [1.29, 1.82) is 0 Å². The Kier molecular flexibility index (Phi) is 6.21. The molecule has 2 rings (SSSR count). The van der Waals surface area contributed by atoms with E-state index in [1.54, 1.807) is 9.58 Å². The molecule has 0 aromatic carbocycles. The number of imide groups is 1. The Morgan fingerprint density at radius 1 is 1.33 bits per heavy atom. The van der Waals surface area contributed by atoms with E-state index in [0.717, 1.165) is 16.3 Å². The highest BCUT2D eigenvalue weighted by Crippen LogP contribution is 2.17. The van der Waals surface area contributed by atoms with Crippen molar-refractivity contribution in [1.82, 2.24) is 19.6 Å². The third-order valence-electron chi connectivity index (χ3n) is 3.84. The molecule has 0 atom stereocenters. The molecule has 134 valence electrons. The van der Waals surface area contributed by atoms with E-state index in [0.29, 0.717) is 26.1 Å². The maximum atomic E-state index is 12.5. The van der Waals surface area contributed by atoms with Crippen molar-refractivity contribution in [3.63, 3.8) is 0 Å². The van der Waals surface area contributed by atoms with Crippen molar-refractivity contribution in [3.05, 3.63) is 16.4 Å². The van der Waals surface area contributed by atoms with Gasteiger partial charge in [0.2, 0.25) is 5.91 Å². The molecule has 0 spiro atoms. The van der Waals surface area contributed by atoms with Crippen LogP contribution in [-0.2, 0) is 23.1 Å². The predicted octanol–water partition coefficient (Wildman–Crippen LogP) is 2.65. The van der Waals surface area contributed by atoms with E-state index in [2.05, 4.69) is 40.7 Å². The van der Waals surface area contributed by atoms with Gasteiger partial charge < -0.3 is 9.64 Å². The third kappa shape index (κ3) is 5.15. The highest BCUT2D eigenvalue weighted by Gasteiger charge is 2.32. The van der Waals surface area contributed by atoms with Crippen molar-refractivity contribution in [3.8, 4) is 0 Å². The summed E-state index contributed by atoms with van der Waals surface area (Å²) >= 11 is 3.39. The summed E-state index contributed by atoms with van der Waals surface area (Å²) in [5.74, 6) is -0.175. The second kappa shape index (κ2) is 7.79. The number of aryl methyl sites for hydroxylation is 1. The zero-order valence-corrected chi connectivity index (χ0v) is 17.3. The van der Waals surface area contributed by atoms with Gasteiger partial charge in [-0.2, -0.15) is 5.10 Å². The lowest BCUT2D eigenvalue weighted by Gasteiger charge is -2.33. The number of halogens is 1. The first-order valence-electron chi connectivity index (χ1n) is 8.03. The SMILES string of the molecule is Cn1nc(CN2CCC(=O)N(COCC[Si](C)(C)C)C2=O)cc1Br. The molecule has 0 aliphatic carbocycles. The summed E-state index contributed by atoms with van der Waals surface area (Å²) in [6.45, 7) is 8.21. The molecule has 0 N–H and O–H groups in total. The maximum absolute atomic E-state index is 12.5. The van der Waals surface area contributed by atoms with Gasteiger partial charge in [0.25, 0.3) is 0 Å². The van der Waals surface area contributed by atoms with Crippen molar-refractivity contribution in [2.75, 3.05) is 19.9 Å². The Balaban J connectivity index is 1.91. The normalized spacial score (nSPS) is 16.2. The maximum Gasteiger partial charge on any atom is 0.328 e. The highest BCUT2D eigenvalue weighted by molar-refractivity contribution is 9.10. The van der Waals surface area contributed by atoms with Crippen LogP contribution in [0.2, 0.25) is 25.7 Å². The number of amides is 3. The Bertz CT molecular complexity index is 595. The first-order chi connectivity index (χ1) is 11.2. The molecule has 1 aliphatic heterocycles. The molecule has 1 aliphatic rings. The number of carbonyl (C=O) groups is 2. The molecule has 0 unspecified atom stereocenters. The van der Waals surface area contributed by atoms with E-state index in [1.807, 2.05) is 13.1 Å². The molecule has 0 bridgehead atoms. The highest BCUT2D eigenvalue weighted by atomic mass is 79.9. The van der Waals surface area contributed by atoms with Gasteiger partial charge >= 0.3 is 6.03 Å². The molecule has 0 saturated carbocycles. The summed E-state index contributed by atoms with van der Waals surface area (Å²) < 4.78 is 8.13. The summed E-state index contributed by atoms with van der Waals surface area (Å²) in [6, 6.07) is 2.58. The van der Waals surface area contributed by atoms with Gasteiger partial charge in [-0.1, -0.05) is 19.6 Å². The molecular formula is C15H25BrN4O3Si. The standard InChI is InChI=1S/C15H25BrN4O3Si/c1-18-13(16)9-12(17-18)10-19-6-5-14(21)20(15(19)22)11-23-7-8-24(2,3)4/h9H,5-8,10-11H2,1-4H3. The Morgan fingerprint density at radius 3 is 2.62 bits per heavy atom. The first kappa shape index (κ1) is 19.1. The van der Waals surface area contributed by atoms with Crippen molar-refractivity contribution in [2.24, 2.45) is 7.05 Å². The van der Waals surface area contributed by atoms with Gasteiger partial charge in [-0.05, 0) is 28.0 Å². The van der Waals surface area contributed by atoms with E-state index in [-0.39, 0.29) is 18.7 Å². The van der Waals surface area contributed by atoms with Crippen LogP contribution in [0.15, 0.2) is 10.7 Å². The van der Waals surface area contributed by atoms with Crippen LogP contribution in [0.3, 0.4) is 0 Å². The molecule has 1 fully saturated rings. The van der Waals surface area contributed by atoms with Gasteiger partial charge in [0.15, 0.2) is 0 Å². The Hall–Kier alpha value is -1.19. The minimum atomic E-state index is -1.18. The zero-order valence-electron chi connectivity index (χ0n) is 14.7. The quantitative estimate of drug-likeness (QED) is 0.505. The van der Waals surface area contributed by atoms with Crippen molar-refractivity contribution >= 4 is 35.9 Å². The van der Waals surface area contributed by atoms with E-state index >= 15 is 0 Å². The lowest BCUT2D eigenvalue weighted by molar-refractivity contribution is -0.135. The molecule has 1 aromatic rings. The number of urea groups is 1. The van der Waals surface area contributed by atoms with Crippen LogP contribution in [0, 0.1) is 0 Å². The smallest absolute Gasteiger partial charge is 0.328 e. The molecular weight excluding hydrogens is 392 g/mol. The van der Waals surface area contributed by atoms with E-state index in [4.69, 9.17) is 4.74 Å². The lowest BCUT2D eigenvalue weighted by atomic mass is 10.2. The molecule has 1 aromatic heterocycles. The molecule has 1 saturated heterocycles. The number of rotatable bonds is 7. The van der Waals surface area contributed by atoms with E-state index in [1.165, 1.54) is 4.90 Å². The predicted molar refractivity (Wildman–Crippen MR) is 97.1 cm³/mol. The van der Waals surface area contributed by atoms with Crippen molar-refractivity contribution in [2.45, 2.75) is 38.7 Å². The summed E-state index contributed by atoms with van der Waals surface area (Å²) in [7, 11) is 0.643. The topological polar surface area (TPSA) is 67.7 Å². The molecule has 2 heterocycles. The van der Waals surface area contributed by atoms with Gasteiger partial charge in [-0.25, -0.2) is 9.69 Å². The summed E-state index contributed by atoms with van der Waals surface area (Å²) in [5.41, 5.74) is 0.784. The monoisotopic (exact) mass is 416 g/mol. The van der Waals surface area contributed by atoms with Crippen LogP contribution in [0.25, 0.3) is 0 Å². The zero-order chi connectivity index (χ0) is 17.9. The van der Waals surface area contributed by atoms with Gasteiger partial charge in [-0.3, -0.25) is 9.48 Å². The number of nitrogens with zero attached hydrogens (tertiary/aromatic N) is 4. The Labute approximate surface area is 152 Å². The van der Waals surface area contributed by atoms with Crippen LogP contribution < -0.4 is 0 Å². The number of ether oxygens (including phenoxy) is 1. The fourth-order valence-corrected chi connectivity index (χ4v) is 3.42. The number of carbonyl (C=O) groups excluding carboxylic acids is 2. The minimum Gasteiger partial charge on any atom is -0.361 e. The summed E-state index contributed by atoms with van der Waals surface area (Å²) in [5, 5.41) is 4.33. The van der Waals surface area contributed by atoms with Gasteiger partial charge in [0, 0.05) is 34.7 Å². The van der Waals surface area contributed by atoms with Crippen molar-refractivity contribution < 1.29 is 14.3 Å². The molecule has 24 heavy (non-hydrogen) atoms. The van der Waals surface area contributed by atoms with E-state index in [9.17, 15) is 9.59 Å². The van der Waals surface area contributed by atoms with Crippen LogP contribution in [0.4, 0.5) is 4.79 Å². The minimum absolute atomic E-state index is 0.0323. The van der Waals surface area contributed by atoms with Crippen LogP contribution in [0.1, 0.15) is 12.1 Å². The van der Waals surface area contributed by atoms with Gasteiger partial charge in [0.1, 0.15) is 11.3 Å². The van der Waals surface area contributed by atoms with Crippen LogP contribution in [-0.4, -0.2) is 59.5 Å². The third-order valence-corrected chi connectivity index (χ3v) is 6.29. The summed E-state index contributed by atoms with van der Waals surface area (Å²) in [4.78, 5) is 27.4. The van der Waals surface area contributed by atoms with Gasteiger partial charge in [-0.15, -0.1) is 0 Å². The number of aromatic nitrogens is 2. The van der Waals surface area contributed by atoms with Gasteiger partial charge in [0.05, 0.1) is 12.2 Å². The van der Waals surface area contributed by atoms with Crippen LogP contribution >= 0.6 is 15.9 Å². The Morgan fingerprint density at radius 2 is 2.04 bits per heavy atom.